The number of likely N-dealkylation sites (tertiary alicyclic amines) is 1. The molecule has 2 aromatic carbocycles. The summed E-state index contributed by atoms with van der Waals surface area (Å²) in [6, 6.07) is 13.3. The average molecular weight is 583 g/mol. The number of carbonyl (C=O) groups excluding carboxylic acids is 3. The van der Waals surface area contributed by atoms with E-state index in [0.29, 0.717) is 31.5 Å². The van der Waals surface area contributed by atoms with Gasteiger partial charge in [0.15, 0.2) is 0 Å². The second-order valence-electron chi connectivity index (χ2n) is 11.2. The smallest absolute Gasteiger partial charge is 0.406 e. The Hall–Kier alpha value is -3.91. The minimum Gasteiger partial charge on any atom is -0.406 e. The number of piperidine rings is 2. The van der Waals surface area contributed by atoms with Crippen LogP contribution in [-0.4, -0.2) is 59.6 Å². The number of nitrogens with zero attached hydrogens (tertiary/aromatic N) is 3. The van der Waals surface area contributed by atoms with Gasteiger partial charge in [0, 0.05) is 31.0 Å². The lowest BCUT2D eigenvalue weighted by Crippen LogP contribution is -2.52. The highest BCUT2D eigenvalue weighted by Crippen LogP contribution is 2.34. The van der Waals surface area contributed by atoms with Crippen LogP contribution in [0.1, 0.15) is 71.5 Å². The standard InChI is InChI=1S/C31H33F3N4O4/c32-31(33,34)42-23-10-8-21(9-11-23)25-18-37(16-14-22(25)17-35)15-3-1-2-5-20-6-4-7-24-26(20)19-38(30(24)41)27-12-13-28(39)36-29(27)40/h4,6-11,22,25,27H,1-3,5,12-16,18-19H2,(H,36,39,40). The summed E-state index contributed by atoms with van der Waals surface area (Å²) in [5, 5.41) is 12.0. The lowest BCUT2D eigenvalue weighted by Gasteiger charge is -2.36. The molecule has 3 atom stereocenters. The van der Waals surface area contributed by atoms with Crippen LogP contribution < -0.4 is 10.1 Å². The summed E-state index contributed by atoms with van der Waals surface area (Å²) < 4.78 is 41.5. The number of halogens is 3. The second kappa shape index (κ2) is 12.5. The Bertz CT molecular complexity index is 1370. The fourth-order valence-electron chi connectivity index (χ4n) is 6.34. The Balaban J connectivity index is 1.11. The molecule has 0 aromatic heterocycles. The quantitative estimate of drug-likeness (QED) is 0.340. The number of alkyl halides is 3. The molecule has 2 saturated heterocycles. The third-order valence-electron chi connectivity index (χ3n) is 8.50. The zero-order valence-corrected chi connectivity index (χ0v) is 23.2. The fourth-order valence-corrected chi connectivity index (χ4v) is 6.34. The van der Waals surface area contributed by atoms with Gasteiger partial charge in [-0.2, -0.15) is 5.26 Å². The van der Waals surface area contributed by atoms with Crippen LogP contribution in [0.5, 0.6) is 5.75 Å². The molecular formula is C31H33F3N4O4. The van der Waals surface area contributed by atoms with Gasteiger partial charge in [-0.15, -0.1) is 13.2 Å². The van der Waals surface area contributed by atoms with Gasteiger partial charge in [0.25, 0.3) is 5.91 Å². The van der Waals surface area contributed by atoms with Crippen molar-refractivity contribution in [2.24, 2.45) is 5.92 Å². The molecule has 0 radical (unpaired) electrons. The van der Waals surface area contributed by atoms with Crippen molar-refractivity contribution in [1.29, 1.82) is 5.26 Å². The number of fused-ring (bicyclic) bond motifs is 1. The Morgan fingerprint density at radius 3 is 2.52 bits per heavy atom. The van der Waals surface area contributed by atoms with Crippen molar-refractivity contribution in [3.63, 3.8) is 0 Å². The number of nitrogens with one attached hydrogen (secondary N) is 1. The number of nitriles is 1. The lowest BCUT2D eigenvalue weighted by molar-refractivity contribution is -0.274. The molecule has 8 nitrogen and oxygen atoms in total. The zero-order chi connectivity index (χ0) is 29.9. The topological polar surface area (TPSA) is 103 Å². The summed E-state index contributed by atoms with van der Waals surface area (Å²) in [6.45, 7) is 2.70. The highest BCUT2D eigenvalue weighted by molar-refractivity contribution is 6.05. The van der Waals surface area contributed by atoms with Crippen LogP contribution >= 0.6 is 0 Å². The number of amides is 3. The number of benzene rings is 2. The summed E-state index contributed by atoms with van der Waals surface area (Å²) in [5.41, 5.74) is 3.52. The van der Waals surface area contributed by atoms with E-state index in [-0.39, 0.29) is 35.8 Å². The van der Waals surface area contributed by atoms with Crippen LogP contribution in [0.3, 0.4) is 0 Å². The predicted octanol–water partition coefficient (Wildman–Crippen LogP) is 4.69. The van der Waals surface area contributed by atoms with E-state index in [2.05, 4.69) is 21.0 Å². The maximum Gasteiger partial charge on any atom is 0.573 e. The molecule has 0 spiro atoms. The van der Waals surface area contributed by atoms with E-state index in [1.807, 2.05) is 12.1 Å². The molecule has 1 N–H and O–H groups in total. The minimum absolute atomic E-state index is 0.0829. The van der Waals surface area contributed by atoms with Crippen molar-refractivity contribution >= 4 is 17.7 Å². The second-order valence-corrected chi connectivity index (χ2v) is 11.2. The summed E-state index contributed by atoms with van der Waals surface area (Å²) >= 11 is 0. The number of hydrogen-bond acceptors (Lipinski definition) is 6. The molecule has 222 valence electrons. The van der Waals surface area contributed by atoms with Gasteiger partial charge in [0.1, 0.15) is 11.8 Å². The molecule has 42 heavy (non-hydrogen) atoms. The van der Waals surface area contributed by atoms with Gasteiger partial charge in [0.2, 0.25) is 11.8 Å². The monoisotopic (exact) mass is 582 g/mol. The number of imide groups is 1. The molecular weight excluding hydrogens is 549 g/mol. The third-order valence-corrected chi connectivity index (χ3v) is 8.50. The number of aryl methyl sites for hydroxylation is 1. The average Bonchev–Trinajstić information content (AvgIpc) is 3.29. The van der Waals surface area contributed by atoms with Crippen LogP contribution in [0.4, 0.5) is 13.2 Å². The van der Waals surface area contributed by atoms with Crippen LogP contribution in [0.15, 0.2) is 42.5 Å². The van der Waals surface area contributed by atoms with Gasteiger partial charge in [-0.25, -0.2) is 0 Å². The van der Waals surface area contributed by atoms with Crippen molar-refractivity contribution in [2.45, 2.75) is 69.8 Å². The number of carbonyl (C=O) groups is 3. The molecule has 3 heterocycles. The first-order valence-corrected chi connectivity index (χ1v) is 14.4. The van der Waals surface area contributed by atoms with Gasteiger partial charge in [-0.05, 0) is 80.1 Å². The van der Waals surface area contributed by atoms with Gasteiger partial charge >= 0.3 is 6.36 Å². The molecule has 0 bridgehead atoms. The number of unbranched alkanes of at least 4 members (excludes halogenated alkanes) is 2. The van der Waals surface area contributed by atoms with Crippen LogP contribution in [0.25, 0.3) is 0 Å². The molecule has 2 fully saturated rings. The van der Waals surface area contributed by atoms with Gasteiger partial charge in [0.05, 0.1) is 12.0 Å². The van der Waals surface area contributed by atoms with E-state index in [1.165, 1.54) is 12.1 Å². The van der Waals surface area contributed by atoms with Crippen molar-refractivity contribution in [3.05, 3.63) is 64.7 Å². The molecule has 3 unspecified atom stereocenters. The molecule has 0 aliphatic carbocycles. The Kier molecular flexibility index (Phi) is 8.82. The molecule has 3 aliphatic rings. The van der Waals surface area contributed by atoms with E-state index < -0.39 is 18.3 Å². The SMILES string of the molecule is N#CC1CCN(CCCCCc2cccc3c2CN(C2CCC(=O)NC2=O)C3=O)CC1c1ccc(OC(F)(F)F)cc1. The van der Waals surface area contributed by atoms with E-state index in [9.17, 15) is 32.8 Å². The molecule has 0 saturated carbocycles. The van der Waals surface area contributed by atoms with Crippen molar-refractivity contribution < 1.29 is 32.3 Å². The first-order chi connectivity index (χ1) is 20.1. The van der Waals surface area contributed by atoms with Crippen LogP contribution in [0.2, 0.25) is 0 Å². The summed E-state index contributed by atoms with van der Waals surface area (Å²) in [7, 11) is 0. The van der Waals surface area contributed by atoms with Crippen molar-refractivity contribution in [1.82, 2.24) is 15.1 Å². The van der Waals surface area contributed by atoms with E-state index in [0.717, 1.165) is 55.5 Å². The van der Waals surface area contributed by atoms with Gasteiger partial charge < -0.3 is 14.5 Å². The molecule has 11 heteroatoms. The number of ether oxygens (including phenoxy) is 1. The minimum atomic E-state index is -4.74. The van der Waals surface area contributed by atoms with Gasteiger partial charge in [-0.3, -0.25) is 19.7 Å². The zero-order valence-electron chi connectivity index (χ0n) is 23.2. The lowest BCUT2D eigenvalue weighted by atomic mass is 9.81. The highest BCUT2D eigenvalue weighted by atomic mass is 19.4. The number of rotatable bonds is 9. The molecule has 3 amide bonds. The van der Waals surface area contributed by atoms with Crippen molar-refractivity contribution in [2.75, 3.05) is 19.6 Å². The third kappa shape index (κ3) is 6.76. The van der Waals surface area contributed by atoms with Crippen LogP contribution in [-0.2, 0) is 22.6 Å². The summed E-state index contributed by atoms with van der Waals surface area (Å²) in [5.74, 6) is -1.44. The normalized spacial score (nSPS) is 23.0. The molecule has 2 aromatic rings. The maximum atomic E-state index is 13.1. The van der Waals surface area contributed by atoms with E-state index in [4.69, 9.17) is 0 Å². The Morgan fingerprint density at radius 2 is 1.81 bits per heavy atom. The van der Waals surface area contributed by atoms with Crippen molar-refractivity contribution in [3.8, 4) is 11.8 Å². The Labute approximate surface area is 242 Å². The first-order valence-electron chi connectivity index (χ1n) is 14.4. The number of hydrogen-bond donors (Lipinski definition) is 1. The summed E-state index contributed by atoms with van der Waals surface area (Å²) in [4.78, 5) is 40.8. The fraction of sp³-hybridized carbons (Fsp3) is 0.484. The summed E-state index contributed by atoms with van der Waals surface area (Å²) in [6.07, 6.45) is 0.195. The maximum absolute atomic E-state index is 13.1. The largest absolute Gasteiger partial charge is 0.573 e. The molecule has 5 rings (SSSR count). The van der Waals surface area contributed by atoms with E-state index >= 15 is 0 Å². The predicted molar refractivity (Wildman–Crippen MR) is 146 cm³/mol. The molecule has 3 aliphatic heterocycles. The van der Waals surface area contributed by atoms with E-state index in [1.54, 1.807) is 23.1 Å². The van der Waals surface area contributed by atoms with Gasteiger partial charge in [-0.1, -0.05) is 30.7 Å². The van der Waals surface area contributed by atoms with Crippen LogP contribution in [0, 0.1) is 17.2 Å². The highest BCUT2D eigenvalue weighted by Gasteiger charge is 2.39. The first kappa shape index (κ1) is 29.6. The Morgan fingerprint density at radius 1 is 1.02 bits per heavy atom.